The molecule has 5 nitrogen and oxygen atoms in total. The maximum Gasteiger partial charge on any atom is 0.254 e. The highest BCUT2D eigenvalue weighted by molar-refractivity contribution is 6.29. The highest BCUT2D eigenvalue weighted by atomic mass is 35.5. The van der Waals surface area contributed by atoms with Crippen molar-refractivity contribution in [3.8, 4) is 0 Å². The van der Waals surface area contributed by atoms with Gasteiger partial charge in [0.15, 0.2) is 0 Å². The fourth-order valence-corrected chi connectivity index (χ4v) is 2.41. The van der Waals surface area contributed by atoms with Gasteiger partial charge in [0.05, 0.1) is 0 Å². The largest absolute Gasteiger partial charge is 0.352 e. The predicted octanol–water partition coefficient (Wildman–Crippen LogP) is 1.39. The average molecular weight is 282 g/mol. The number of aromatic nitrogens is 1. The Bertz CT molecular complexity index is 522. The maximum atomic E-state index is 12.5. The zero-order chi connectivity index (χ0) is 14.2. The molecule has 0 bridgehead atoms. The topological polar surface area (TPSA) is 62.3 Å². The van der Waals surface area contributed by atoms with Gasteiger partial charge in [0.1, 0.15) is 10.7 Å². The van der Waals surface area contributed by atoms with Crippen molar-refractivity contribution in [2.24, 2.45) is 0 Å². The van der Waals surface area contributed by atoms with Crippen LogP contribution in [0.1, 0.15) is 29.9 Å². The molecule has 1 fully saturated rings. The number of piperazine rings is 1. The van der Waals surface area contributed by atoms with Crippen molar-refractivity contribution in [2.45, 2.75) is 26.3 Å². The summed E-state index contributed by atoms with van der Waals surface area (Å²) in [6.45, 7) is 6.18. The Hall–Kier alpha value is -1.62. The number of nitrogens with zero attached hydrogens (tertiary/aromatic N) is 2. The van der Waals surface area contributed by atoms with Gasteiger partial charge in [-0.15, -0.1) is 0 Å². The Morgan fingerprint density at radius 3 is 2.79 bits per heavy atom. The SMILES string of the molecule is Cc1cc(C(=O)N2CCNC(=O)C2(C)C)cc(Cl)n1. The van der Waals surface area contributed by atoms with Crippen LogP contribution in [0, 0.1) is 6.92 Å². The first kappa shape index (κ1) is 13.8. The summed E-state index contributed by atoms with van der Waals surface area (Å²) in [7, 11) is 0. The van der Waals surface area contributed by atoms with Gasteiger partial charge < -0.3 is 10.2 Å². The van der Waals surface area contributed by atoms with E-state index in [0.29, 0.717) is 24.3 Å². The molecule has 1 aliphatic rings. The van der Waals surface area contributed by atoms with Gasteiger partial charge >= 0.3 is 0 Å². The number of rotatable bonds is 1. The van der Waals surface area contributed by atoms with Gasteiger partial charge in [0.2, 0.25) is 5.91 Å². The zero-order valence-electron chi connectivity index (χ0n) is 11.2. The number of carbonyl (C=O) groups excluding carboxylic acids is 2. The van der Waals surface area contributed by atoms with Crippen LogP contribution in [0.2, 0.25) is 5.15 Å². The van der Waals surface area contributed by atoms with E-state index in [-0.39, 0.29) is 17.0 Å². The molecule has 0 aliphatic carbocycles. The van der Waals surface area contributed by atoms with Gasteiger partial charge in [0, 0.05) is 24.3 Å². The molecule has 0 unspecified atom stereocenters. The maximum absolute atomic E-state index is 12.5. The van der Waals surface area contributed by atoms with Crippen LogP contribution in [0.5, 0.6) is 0 Å². The number of nitrogens with one attached hydrogen (secondary N) is 1. The lowest BCUT2D eigenvalue weighted by Gasteiger charge is -2.41. The Balaban J connectivity index is 2.35. The van der Waals surface area contributed by atoms with E-state index >= 15 is 0 Å². The second-order valence-corrected chi connectivity index (χ2v) is 5.48. The van der Waals surface area contributed by atoms with Crippen LogP contribution in [-0.2, 0) is 4.79 Å². The summed E-state index contributed by atoms with van der Waals surface area (Å²) < 4.78 is 0. The van der Waals surface area contributed by atoms with E-state index in [0.717, 1.165) is 0 Å². The summed E-state index contributed by atoms with van der Waals surface area (Å²) in [5, 5.41) is 3.04. The summed E-state index contributed by atoms with van der Waals surface area (Å²) in [4.78, 5) is 30.0. The Labute approximate surface area is 117 Å². The normalized spacial score (nSPS) is 18.1. The summed E-state index contributed by atoms with van der Waals surface area (Å²) in [5.41, 5.74) is 0.273. The van der Waals surface area contributed by atoms with Crippen molar-refractivity contribution in [1.29, 1.82) is 0 Å². The van der Waals surface area contributed by atoms with Crippen molar-refractivity contribution in [3.05, 3.63) is 28.5 Å². The molecule has 19 heavy (non-hydrogen) atoms. The van der Waals surface area contributed by atoms with E-state index in [1.807, 2.05) is 0 Å². The highest BCUT2D eigenvalue weighted by Gasteiger charge is 2.40. The van der Waals surface area contributed by atoms with E-state index in [1.165, 1.54) is 6.07 Å². The minimum atomic E-state index is -0.862. The number of amides is 2. The van der Waals surface area contributed by atoms with Crippen LogP contribution in [-0.4, -0.2) is 40.3 Å². The van der Waals surface area contributed by atoms with Gasteiger partial charge in [-0.2, -0.15) is 0 Å². The van der Waals surface area contributed by atoms with Gasteiger partial charge in [0.25, 0.3) is 5.91 Å². The Morgan fingerprint density at radius 1 is 1.47 bits per heavy atom. The van der Waals surface area contributed by atoms with E-state index < -0.39 is 5.54 Å². The van der Waals surface area contributed by atoms with Crippen molar-refractivity contribution in [3.63, 3.8) is 0 Å². The lowest BCUT2D eigenvalue weighted by Crippen LogP contribution is -2.63. The third-order valence-electron chi connectivity index (χ3n) is 3.27. The molecule has 1 N–H and O–H groups in total. The molecular formula is C13H16ClN3O2. The quantitative estimate of drug-likeness (QED) is 0.792. The lowest BCUT2D eigenvalue weighted by atomic mass is 9.97. The zero-order valence-corrected chi connectivity index (χ0v) is 11.9. The molecule has 0 aromatic carbocycles. The molecule has 1 aromatic rings. The number of carbonyl (C=O) groups is 2. The Morgan fingerprint density at radius 2 is 2.16 bits per heavy atom. The number of aryl methyl sites for hydroxylation is 1. The second kappa shape index (κ2) is 4.81. The summed E-state index contributed by atoms with van der Waals surface area (Å²) in [5.74, 6) is -0.351. The van der Waals surface area contributed by atoms with Crippen LogP contribution in [0.15, 0.2) is 12.1 Å². The summed E-state index contributed by atoms with van der Waals surface area (Å²) in [6.07, 6.45) is 0. The molecule has 1 aromatic heterocycles. The monoisotopic (exact) mass is 281 g/mol. The van der Waals surface area contributed by atoms with Gasteiger partial charge in [-0.1, -0.05) is 11.6 Å². The highest BCUT2D eigenvalue weighted by Crippen LogP contribution is 2.22. The molecule has 0 saturated carbocycles. The van der Waals surface area contributed by atoms with Crippen LogP contribution in [0.4, 0.5) is 0 Å². The molecule has 0 radical (unpaired) electrons. The molecule has 6 heteroatoms. The third-order valence-corrected chi connectivity index (χ3v) is 3.46. The lowest BCUT2D eigenvalue weighted by molar-refractivity contribution is -0.133. The average Bonchev–Trinajstić information content (AvgIpc) is 2.30. The molecule has 2 heterocycles. The minimum Gasteiger partial charge on any atom is -0.352 e. The van der Waals surface area contributed by atoms with Gasteiger partial charge in [-0.05, 0) is 32.9 Å². The van der Waals surface area contributed by atoms with Crippen molar-refractivity contribution in [2.75, 3.05) is 13.1 Å². The Kier molecular flexibility index (Phi) is 3.49. The van der Waals surface area contributed by atoms with E-state index in [9.17, 15) is 9.59 Å². The molecule has 102 valence electrons. The van der Waals surface area contributed by atoms with E-state index in [2.05, 4.69) is 10.3 Å². The van der Waals surface area contributed by atoms with Crippen LogP contribution >= 0.6 is 11.6 Å². The molecule has 0 spiro atoms. The first-order valence-electron chi connectivity index (χ1n) is 6.07. The fraction of sp³-hybridized carbons (Fsp3) is 0.462. The second-order valence-electron chi connectivity index (χ2n) is 5.09. The number of hydrogen-bond donors (Lipinski definition) is 1. The molecule has 2 rings (SSSR count). The van der Waals surface area contributed by atoms with E-state index in [1.54, 1.807) is 31.7 Å². The first-order valence-corrected chi connectivity index (χ1v) is 6.44. The predicted molar refractivity (Wildman–Crippen MR) is 72.1 cm³/mol. The standard InChI is InChI=1S/C13H16ClN3O2/c1-8-6-9(7-10(14)16-8)11(18)17-5-4-15-12(19)13(17,2)3/h6-7H,4-5H2,1-3H3,(H,15,19). The van der Waals surface area contributed by atoms with Crippen molar-refractivity contribution in [1.82, 2.24) is 15.2 Å². The number of halogens is 1. The van der Waals surface area contributed by atoms with Crippen molar-refractivity contribution >= 4 is 23.4 Å². The van der Waals surface area contributed by atoms with E-state index in [4.69, 9.17) is 11.6 Å². The molecular weight excluding hydrogens is 266 g/mol. The molecule has 1 saturated heterocycles. The number of hydrogen-bond acceptors (Lipinski definition) is 3. The molecule has 2 amide bonds. The van der Waals surface area contributed by atoms with Gasteiger partial charge in [-0.3, -0.25) is 9.59 Å². The molecule has 0 atom stereocenters. The van der Waals surface area contributed by atoms with Crippen LogP contribution in [0.3, 0.4) is 0 Å². The molecule has 1 aliphatic heterocycles. The fourth-order valence-electron chi connectivity index (χ4n) is 2.16. The van der Waals surface area contributed by atoms with Crippen LogP contribution < -0.4 is 5.32 Å². The van der Waals surface area contributed by atoms with Crippen molar-refractivity contribution < 1.29 is 9.59 Å². The smallest absolute Gasteiger partial charge is 0.254 e. The van der Waals surface area contributed by atoms with Gasteiger partial charge in [-0.25, -0.2) is 4.98 Å². The minimum absolute atomic E-state index is 0.149. The third kappa shape index (κ3) is 2.56. The summed E-state index contributed by atoms with van der Waals surface area (Å²) in [6, 6.07) is 3.20. The summed E-state index contributed by atoms with van der Waals surface area (Å²) >= 11 is 5.87. The number of pyridine rings is 1. The first-order chi connectivity index (χ1) is 8.82. The van der Waals surface area contributed by atoms with Crippen LogP contribution in [0.25, 0.3) is 0 Å².